The number of anilines is 1. The van der Waals surface area contributed by atoms with Crippen LogP contribution in [0.25, 0.3) is 0 Å². The van der Waals surface area contributed by atoms with Crippen molar-refractivity contribution in [2.24, 2.45) is 0 Å². The molecular weight excluding hydrogens is 557 g/mol. The van der Waals surface area contributed by atoms with Gasteiger partial charge >= 0.3 is 0 Å². The molecule has 0 saturated carbocycles. The second-order valence-electron chi connectivity index (χ2n) is 10.4. The summed E-state index contributed by atoms with van der Waals surface area (Å²) in [7, 11) is -4.16. The Kier molecular flexibility index (Phi) is 9.69. The highest BCUT2D eigenvalue weighted by atomic mass is 35.5. The average Bonchev–Trinajstić information content (AvgIpc) is 2.85. The van der Waals surface area contributed by atoms with E-state index < -0.39 is 34.1 Å². The van der Waals surface area contributed by atoms with Crippen molar-refractivity contribution in [2.75, 3.05) is 10.8 Å². The normalized spacial score (nSPS) is 12.5. The molecule has 0 saturated heterocycles. The zero-order valence-electron chi connectivity index (χ0n) is 22.6. The highest BCUT2D eigenvalue weighted by Crippen LogP contribution is 2.27. The number of carbonyl (C=O) groups is 2. The van der Waals surface area contributed by atoms with E-state index in [1.165, 1.54) is 23.1 Å². The number of hydrogen-bond acceptors (Lipinski definition) is 4. The minimum absolute atomic E-state index is 0.0312. The van der Waals surface area contributed by atoms with Crippen LogP contribution in [0.1, 0.15) is 38.8 Å². The van der Waals surface area contributed by atoms with Crippen LogP contribution in [-0.4, -0.2) is 43.3 Å². The molecule has 0 heterocycles. The lowest BCUT2D eigenvalue weighted by Crippen LogP contribution is -2.54. The molecule has 208 valence electrons. The Bertz CT molecular complexity index is 1420. The monoisotopic (exact) mass is 589 g/mol. The number of aryl methyl sites for hydroxylation is 1. The first-order chi connectivity index (χ1) is 18.2. The van der Waals surface area contributed by atoms with E-state index in [4.69, 9.17) is 23.2 Å². The molecule has 0 radical (unpaired) electrons. The Morgan fingerprint density at radius 1 is 0.923 bits per heavy atom. The molecule has 10 heteroatoms. The van der Waals surface area contributed by atoms with Gasteiger partial charge in [-0.1, -0.05) is 59.1 Å². The van der Waals surface area contributed by atoms with E-state index in [1.54, 1.807) is 61.5 Å². The van der Waals surface area contributed by atoms with Crippen molar-refractivity contribution in [3.05, 3.63) is 94.0 Å². The minimum Gasteiger partial charge on any atom is -0.350 e. The third-order valence-electron chi connectivity index (χ3n) is 5.92. The molecule has 0 fully saturated rings. The van der Waals surface area contributed by atoms with Gasteiger partial charge in [-0.2, -0.15) is 0 Å². The van der Waals surface area contributed by atoms with Gasteiger partial charge < -0.3 is 10.2 Å². The Hall–Kier alpha value is -3.07. The molecule has 39 heavy (non-hydrogen) atoms. The Morgan fingerprint density at radius 2 is 1.54 bits per heavy atom. The Balaban J connectivity index is 2.03. The lowest BCUT2D eigenvalue weighted by molar-refractivity contribution is -0.140. The van der Waals surface area contributed by atoms with Crippen molar-refractivity contribution in [2.45, 2.75) is 57.6 Å². The summed E-state index contributed by atoms with van der Waals surface area (Å²) in [6, 6.07) is 18.7. The molecule has 3 rings (SSSR count). The molecule has 3 aromatic carbocycles. The summed E-state index contributed by atoms with van der Waals surface area (Å²) in [5.41, 5.74) is 1.34. The first-order valence-corrected chi connectivity index (χ1v) is 14.6. The molecule has 2 amide bonds. The number of halogens is 2. The van der Waals surface area contributed by atoms with Crippen LogP contribution in [0.2, 0.25) is 10.0 Å². The summed E-state index contributed by atoms with van der Waals surface area (Å²) in [5.74, 6) is -0.919. The summed E-state index contributed by atoms with van der Waals surface area (Å²) >= 11 is 12.2. The summed E-state index contributed by atoms with van der Waals surface area (Å²) in [6.45, 7) is 8.54. The summed E-state index contributed by atoms with van der Waals surface area (Å²) in [5, 5.41) is 3.75. The van der Waals surface area contributed by atoms with Gasteiger partial charge in [0.2, 0.25) is 11.8 Å². The molecular formula is C29H33Cl2N3O4S. The molecule has 1 atom stereocenters. The first kappa shape index (κ1) is 30.5. The van der Waals surface area contributed by atoms with Gasteiger partial charge in [-0.15, -0.1) is 0 Å². The van der Waals surface area contributed by atoms with E-state index in [-0.39, 0.29) is 23.0 Å². The zero-order chi connectivity index (χ0) is 29.0. The van der Waals surface area contributed by atoms with E-state index in [9.17, 15) is 18.0 Å². The fraction of sp³-hybridized carbons (Fsp3) is 0.310. The van der Waals surface area contributed by atoms with Crippen molar-refractivity contribution in [3.8, 4) is 0 Å². The second-order valence-corrected chi connectivity index (χ2v) is 13.1. The Labute approximate surface area is 240 Å². The number of nitrogens with zero attached hydrogens (tertiary/aromatic N) is 2. The van der Waals surface area contributed by atoms with Gasteiger partial charge in [-0.05, 0) is 82.6 Å². The second kappa shape index (κ2) is 12.4. The van der Waals surface area contributed by atoms with E-state index in [0.29, 0.717) is 10.0 Å². The van der Waals surface area contributed by atoms with Crippen molar-refractivity contribution in [1.82, 2.24) is 10.2 Å². The number of carbonyl (C=O) groups excluding carboxylic acids is 2. The van der Waals surface area contributed by atoms with Crippen LogP contribution < -0.4 is 9.62 Å². The van der Waals surface area contributed by atoms with Crippen LogP contribution in [0.3, 0.4) is 0 Å². The molecule has 0 bridgehead atoms. The highest BCUT2D eigenvalue weighted by molar-refractivity contribution is 7.92. The van der Waals surface area contributed by atoms with Crippen molar-refractivity contribution >= 4 is 50.7 Å². The zero-order valence-corrected chi connectivity index (χ0v) is 24.9. The highest BCUT2D eigenvalue weighted by Gasteiger charge is 2.33. The standard InChI is InChI=1S/C29H33Cl2N3O4S/c1-20-9-15-26(16-10-20)39(37,38)34(25-8-6-7-24(31)17-25)19-27(35)33(18-22-11-13-23(30)14-12-22)21(2)28(36)32-29(3,4)5/h6-17,21H,18-19H2,1-5H3,(H,32,36)/t21-/m0/s1. The van der Waals surface area contributed by atoms with Gasteiger partial charge in [0.15, 0.2) is 0 Å². The first-order valence-electron chi connectivity index (χ1n) is 12.4. The largest absolute Gasteiger partial charge is 0.350 e. The van der Waals surface area contributed by atoms with Gasteiger partial charge in [0.05, 0.1) is 10.6 Å². The molecule has 0 aliphatic rings. The lowest BCUT2D eigenvalue weighted by atomic mass is 10.1. The summed E-state index contributed by atoms with van der Waals surface area (Å²) in [6.07, 6.45) is 0. The molecule has 0 aliphatic heterocycles. The minimum atomic E-state index is -4.16. The molecule has 0 aromatic heterocycles. The number of hydrogen-bond donors (Lipinski definition) is 1. The van der Waals surface area contributed by atoms with Crippen molar-refractivity contribution < 1.29 is 18.0 Å². The summed E-state index contributed by atoms with van der Waals surface area (Å²) < 4.78 is 28.7. The molecule has 1 N–H and O–H groups in total. The van der Waals surface area contributed by atoms with E-state index >= 15 is 0 Å². The maximum absolute atomic E-state index is 13.9. The number of rotatable bonds is 9. The summed E-state index contributed by atoms with van der Waals surface area (Å²) in [4.78, 5) is 28.4. The lowest BCUT2D eigenvalue weighted by Gasteiger charge is -2.33. The molecule has 0 unspecified atom stereocenters. The van der Waals surface area contributed by atoms with Gasteiger partial charge in [-0.3, -0.25) is 13.9 Å². The fourth-order valence-electron chi connectivity index (χ4n) is 3.84. The van der Waals surface area contributed by atoms with E-state index in [1.807, 2.05) is 27.7 Å². The van der Waals surface area contributed by atoms with E-state index in [2.05, 4.69) is 5.32 Å². The SMILES string of the molecule is Cc1ccc(S(=O)(=O)N(CC(=O)N(Cc2ccc(Cl)cc2)[C@@H](C)C(=O)NC(C)(C)C)c2cccc(Cl)c2)cc1. The maximum atomic E-state index is 13.9. The topological polar surface area (TPSA) is 86.8 Å². The van der Waals surface area contributed by atoms with Crippen LogP contribution in [0, 0.1) is 6.92 Å². The number of nitrogens with one attached hydrogen (secondary N) is 1. The van der Waals surface area contributed by atoms with Crippen LogP contribution >= 0.6 is 23.2 Å². The van der Waals surface area contributed by atoms with Crippen LogP contribution in [0.4, 0.5) is 5.69 Å². The van der Waals surface area contributed by atoms with Crippen LogP contribution in [0.15, 0.2) is 77.7 Å². The number of sulfonamides is 1. The predicted molar refractivity (Wildman–Crippen MR) is 157 cm³/mol. The van der Waals surface area contributed by atoms with Crippen molar-refractivity contribution in [3.63, 3.8) is 0 Å². The van der Waals surface area contributed by atoms with Crippen molar-refractivity contribution in [1.29, 1.82) is 0 Å². The van der Waals surface area contributed by atoms with Crippen LogP contribution in [-0.2, 0) is 26.2 Å². The number of amides is 2. The smallest absolute Gasteiger partial charge is 0.264 e. The van der Waals surface area contributed by atoms with Gasteiger partial charge in [0, 0.05) is 22.1 Å². The molecule has 7 nitrogen and oxygen atoms in total. The third kappa shape index (κ3) is 8.21. The van der Waals surface area contributed by atoms with Gasteiger partial charge in [0.1, 0.15) is 12.6 Å². The number of benzene rings is 3. The predicted octanol–water partition coefficient (Wildman–Crippen LogP) is 5.83. The average molecular weight is 591 g/mol. The third-order valence-corrected chi connectivity index (χ3v) is 8.19. The van der Waals surface area contributed by atoms with E-state index in [0.717, 1.165) is 15.4 Å². The Morgan fingerprint density at radius 3 is 2.10 bits per heavy atom. The van der Waals surface area contributed by atoms with Gasteiger partial charge in [0.25, 0.3) is 10.0 Å². The molecule has 0 aliphatic carbocycles. The van der Waals surface area contributed by atoms with Gasteiger partial charge in [-0.25, -0.2) is 8.42 Å². The molecule has 3 aromatic rings. The fourth-order valence-corrected chi connectivity index (χ4v) is 5.56. The molecule has 0 spiro atoms. The van der Waals surface area contributed by atoms with Crippen LogP contribution in [0.5, 0.6) is 0 Å². The maximum Gasteiger partial charge on any atom is 0.264 e. The quantitative estimate of drug-likeness (QED) is 0.340.